The molecule has 0 unspecified atom stereocenters. The van der Waals surface area contributed by atoms with Gasteiger partial charge in [0.2, 0.25) is 0 Å². The molecule has 1 aromatic heterocycles. The highest BCUT2D eigenvalue weighted by atomic mass is 32.2. The number of hydrogen-bond donors (Lipinski definition) is 3. The van der Waals surface area contributed by atoms with Crippen molar-refractivity contribution in [3.63, 3.8) is 0 Å². The fourth-order valence-corrected chi connectivity index (χ4v) is 5.74. The summed E-state index contributed by atoms with van der Waals surface area (Å²) in [5.41, 5.74) is 4.61. The number of rotatable bonds is 7. The van der Waals surface area contributed by atoms with Crippen LogP contribution in [0.4, 0.5) is 5.69 Å². The maximum Gasteiger partial charge on any atom is 0.321 e. The zero-order valence-corrected chi connectivity index (χ0v) is 23.7. The molecule has 2 heterocycles. The summed E-state index contributed by atoms with van der Waals surface area (Å²) in [6, 6.07) is 14.0. The van der Waals surface area contributed by atoms with Crippen LogP contribution in [0.1, 0.15) is 48.0 Å². The second kappa shape index (κ2) is 12.0. The average Bonchev–Trinajstić information content (AvgIpc) is 2.91. The second-order valence-electron chi connectivity index (χ2n) is 10.0. The molecule has 1 fully saturated rings. The summed E-state index contributed by atoms with van der Waals surface area (Å²) in [6.07, 6.45) is 0. The van der Waals surface area contributed by atoms with Gasteiger partial charge in [0, 0.05) is 60.1 Å². The minimum atomic E-state index is -3.87. The lowest BCUT2D eigenvalue weighted by Crippen LogP contribution is -2.54. The molecule has 0 radical (unpaired) electrons. The molecule has 3 N–H and O–H groups in total. The highest BCUT2D eigenvalue weighted by Gasteiger charge is 2.29. The first-order valence-corrected chi connectivity index (χ1v) is 14.5. The molecule has 1 amide bonds. The number of amides is 1. The highest BCUT2D eigenvalue weighted by molar-refractivity contribution is 7.87. The monoisotopic (exact) mass is 563 g/mol. The van der Waals surface area contributed by atoms with Crippen LogP contribution < -0.4 is 14.9 Å². The van der Waals surface area contributed by atoms with E-state index in [1.54, 1.807) is 6.07 Å². The molecule has 1 atom stereocenters. The first kappa shape index (κ1) is 29.0. The van der Waals surface area contributed by atoms with E-state index in [9.17, 15) is 18.0 Å². The van der Waals surface area contributed by atoms with Crippen LogP contribution in [0.3, 0.4) is 0 Å². The maximum atomic E-state index is 12.8. The molecular weight excluding hydrogens is 530 g/mol. The number of carbonyl (C=O) groups is 2. The Balaban J connectivity index is 1.44. The van der Waals surface area contributed by atoms with Crippen molar-refractivity contribution in [1.29, 1.82) is 0 Å². The van der Waals surface area contributed by atoms with Gasteiger partial charge in [0.1, 0.15) is 6.04 Å². The maximum absolute atomic E-state index is 12.8. The first-order chi connectivity index (χ1) is 18.9. The first-order valence-electron chi connectivity index (χ1n) is 13.0. The van der Waals surface area contributed by atoms with Crippen molar-refractivity contribution < 1.29 is 23.1 Å². The van der Waals surface area contributed by atoms with E-state index in [0.29, 0.717) is 18.7 Å². The van der Waals surface area contributed by atoms with E-state index < -0.39 is 22.2 Å². The summed E-state index contributed by atoms with van der Waals surface area (Å²) in [6.45, 7) is 8.45. The molecule has 2 aromatic carbocycles. The van der Waals surface area contributed by atoms with Crippen LogP contribution in [0.5, 0.6) is 0 Å². The zero-order valence-electron chi connectivity index (χ0n) is 22.9. The molecule has 0 aliphatic carbocycles. The predicted octanol–water partition coefficient (Wildman–Crippen LogP) is 2.51. The van der Waals surface area contributed by atoms with Gasteiger partial charge in [-0.05, 0) is 76.2 Å². The molecule has 0 spiro atoms. The fraction of sp³-hybridized carbons (Fsp3) is 0.345. The molecule has 4 rings (SSSR count). The third-order valence-electron chi connectivity index (χ3n) is 6.46. The van der Waals surface area contributed by atoms with Gasteiger partial charge in [-0.3, -0.25) is 14.6 Å². The Labute approximate surface area is 234 Å². The Morgan fingerprint density at radius 1 is 0.950 bits per heavy atom. The van der Waals surface area contributed by atoms with Crippen LogP contribution in [-0.4, -0.2) is 73.0 Å². The molecule has 1 aliphatic heterocycles. The number of aryl methyl sites for hydroxylation is 1. The Morgan fingerprint density at radius 2 is 1.57 bits per heavy atom. The second-order valence-corrected chi connectivity index (χ2v) is 11.7. The SMILES string of the molecule is Cc1cc(C(=O)NC(C)C)c2cc(C#Cc3ccc(N4CCN(S(=O)(=O)N[C@H](C)C(=O)O)CC4)cc3)ccc2n1. The van der Waals surface area contributed by atoms with Crippen molar-refractivity contribution in [2.75, 3.05) is 31.1 Å². The van der Waals surface area contributed by atoms with Gasteiger partial charge in [-0.1, -0.05) is 11.8 Å². The van der Waals surface area contributed by atoms with Gasteiger partial charge in [0.15, 0.2) is 0 Å². The highest BCUT2D eigenvalue weighted by Crippen LogP contribution is 2.21. The molecule has 10 nitrogen and oxygen atoms in total. The van der Waals surface area contributed by atoms with Crippen LogP contribution in [-0.2, 0) is 15.0 Å². The van der Waals surface area contributed by atoms with Crippen LogP contribution in [0.15, 0.2) is 48.5 Å². The Hall–Kier alpha value is -3.98. The molecule has 0 saturated carbocycles. The standard InChI is InChI=1S/C29H33N5O5S/c1-19(2)30-28(35)26-17-20(3)31-27-12-9-23(18-25(26)27)6-5-22-7-10-24(11-8-22)33-13-15-34(16-14-33)40(38,39)32-21(4)29(36)37/h7-12,17-19,21,32H,13-16H2,1-4H3,(H,30,35)(H,36,37)/t21-/m1/s1. The molecule has 1 saturated heterocycles. The topological polar surface area (TPSA) is 132 Å². The minimum absolute atomic E-state index is 0.0171. The van der Waals surface area contributed by atoms with Gasteiger partial charge in [-0.2, -0.15) is 17.4 Å². The summed E-state index contributed by atoms with van der Waals surface area (Å²) < 4.78 is 28.4. The van der Waals surface area contributed by atoms with Gasteiger partial charge in [0.05, 0.1) is 11.1 Å². The Kier molecular flexibility index (Phi) is 8.73. The van der Waals surface area contributed by atoms with Crippen molar-refractivity contribution in [2.24, 2.45) is 0 Å². The predicted molar refractivity (Wildman–Crippen MR) is 154 cm³/mol. The van der Waals surface area contributed by atoms with E-state index in [2.05, 4.69) is 31.8 Å². The van der Waals surface area contributed by atoms with E-state index in [-0.39, 0.29) is 25.0 Å². The molecule has 3 aromatic rings. The zero-order chi connectivity index (χ0) is 29.0. The van der Waals surface area contributed by atoms with E-state index in [0.717, 1.165) is 33.4 Å². The van der Waals surface area contributed by atoms with Crippen molar-refractivity contribution >= 4 is 38.7 Å². The molecular formula is C29H33N5O5S. The normalized spacial score (nSPS) is 15.0. The summed E-state index contributed by atoms with van der Waals surface area (Å²) in [4.78, 5) is 30.4. The number of nitrogens with one attached hydrogen (secondary N) is 2. The third-order valence-corrected chi connectivity index (χ3v) is 8.16. The number of carbonyl (C=O) groups excluding carboxylic acids is 1. The van der Waals surface area contributed by atoms with Crippen LogP contribution in [0.2, 0.25) is 0 Å². The summed E-state index contributed by atoms with van der Waals surface area (Å²) in [5, 5.41) is 12.7. The van der Waals surface area contributed by atoms with Crippen molar-refractivity contribution in [1.82, 2.24) is 19.3 Å². The average molecular weight is 564 g/mol. The van der Waals surface area contributed by atoms with Gasteiger partial charge in [-0.15, -0.1) is 0 Å². The van der Waals surface area contributed by atoms with Crippen molar-refractivity contribution in [3.05, 3.63) is 70.9 Å². The van der Waals surface area contributed by atoms with Crippen LogP contribution in [0.25, 0.3) is 10.9 Å². The summed E-state index contributed by atoms with van der Waals surface area (Å²) in [7, 11) is -3.87. The van der Waals surface area contributed by atoms with E-state index in [4.69, 9.17) is 5.11 Å². The van der Waals surface area contributed by atoms with Gasteiger partial charge in [0.25, 0.3) is 16.1 Å². The molecule has 210 valence electrons. The minimum Gasteiger partial charge on any atom is -0.480 e. The van der Waals surface area contributed by atoms with E-state index >= 15 is 0 Å². The lowest BCUT2D eigenvalue weighted by Gasteiger charge is -2.35. The van der Waals surface area contributed by atoms with Crippen molar-refractivity contribution in [3.8, 4) is 11.8 Å². The molecule has 1 aliphatic rings. The number of aromatic nitrogens is 1. The number of aliphatic carboxylic acids is 1. The number of pyridine rings is 1. The number of fused-ring (bicyclic) bond motifs is 1. The van der Waals surface area contributed by atoms with Gasteiger partial charge < -0.3 is 15.3 Å². The number of hydrogen-bond acceptors (Lipinski definition) is 6. The number of benzene rings is 2. The van der Waals surface area contributed by atoms with Crippen molar-refractivity contribution in [2.45, 2.75) is 39.8 Å². The van der Waals surface area contributed by atoms with E-state index in [1.807, 2.05) is 63.2 Å². The lowest BCUT2D eigenvalue weighted by atomic mass is 10.0. The molecule has 40 heavy (non-hydrogen) atoms. The smallest absolute Gasteiger partial charge is 0.321 e. The summed E-state index contributed by atoms with van der Waals surface area (Å²) in [5.74, 6) is 4.98. The van der Waals surface area contributed by atoms with Crippen LogP contribution >= 0.6 is 0 Å². The Morgan fingerprint density at radius 3 is 2.20 bits per heavy atom. The van der Waals surface area contributed by atoms with Crippen LogP contribution in [0, 0.1) is 18.8 Å². The van der Waals surface area contributed by atoms with Gasteiger partial charge in [-0.25, -0.2) is 0 Å². The summed E-state index contributed by atoms with van der Waals surface area (Å²) >= 11 is 0. The van der Waals surface area contributed by atoms with Gasteiger partial charge >= 0.3 is 5.97 Å². The number of piperazine rings is 1. The third kappa shape index (κ3) is 6.96. The number of anilines is 1. The quantitative estimate of drug-likeness (QED) is 0.377. The molecule has 0 bridgehead atoms. The Bertz CT molecular complexity index is 1580. The largest absolute Gasteiger partial charge is 0.480 e. The number of carboxylic acid groups (broad SMARTS) is 1. The number of carboxylic acids is 1. The van der Waals surface area contributed by atoms with E-state index in [1.165, 1.54) is 11.2 Å². The number of nitrogens with zero attached hydrogens (tertiary/aromatic N) is 3. The molecule has 11 heteroatoms. The lowest BCUT2D eigenvalue weighted by molar-refractivity contribution is -0.138. The fourth-order valence-electron chi connectivity index (χ4n) is 4.40.